The van der Waals surface area contributed by atoms with Gasteiger partial charge in [-0.15, -0.1) is 0 Å². The smallest absolute Gasteiger partial charge is 0.391 e. The second kappa shape index (κ2) is 4.11. The summed E-state index contributed by atoms with van der Waals surface area (Å²) < 4.78 is 0. The molecule has 0 fully saturated rings. The first-order valence-electron chi connectivity index (χ1n) is 3.72. The molecule has 0 radical (unpaired) electrons. The van der Waals surface area contributed by atoms with Crippen molar-refractivity contribution >= 4 is 5.69 Å². The summed E-state index contributed by atoms with van der Waals surface area (Å²) in [6, 6.07) is 1.59. The molecule has 0 heterocycles. The number of aryl methyl sites for hydroxylation is 1. The van der Waals surface area contributed by atoms with Crippen molar-refractivity contribution in [2.45, 2.75) is 20.8 Å². The van der Waals surface area contributed by atoms with Crippen molar-refractivity contribution < 1.29 is 17.5 Å². The summed E-state index contributed by atoms with van der Waals surface area (Å²) in [7, 11) is 0. The summed E-state index contributed by atoms with van der Waals surface area (Å²) in [5.41, 5.74) is 2.90. The zero-order valence-electron chi connectivity index (χ0n) is 7.80. The van der Waals surface area contributed by atoms with E-state index in [9.17, 15) is 5.11 Å². The Morgan fingerprint density at radius 1 is 1.23 bits per heavy atom. The van der Waals surface area contributed by atoms with Crippen LogP contribution in [-0.2, 0) is 0 Å². The Morgan fingerprint density at radius 3 is 2.23 bits per heavy atom. The molecule has 0 spiro atoms. The van der Waals surface area contributed by atoms with Gasteiger partial charge in [-0.1, -0.05) is 0 Å². The van der Waals surface area contributed by atoms with Crippen molar-refractivity contribution in [3.63, 3.8) is 0 Å². The Bertz CT molecular complexity index is 369. The van der Waals surface area contributed by atoms with Crippen LogP contribution in [0.5, 0.6) is 5.75 Å². The third-order valence-electron chi connectivity index (χ3n) is 2.13. The van der Waals surface area contributed by atoms with Gasteiger partial charge in [-0.3, -0.25) is 0 Å². The molecule has 0 aliphatic rings. The van der Waals surface area contributed by atoms with E-state index in [0.717, 1.165) is 16.7 Å². The van der Waals surface area contributed by atoms with Crippen LogP contribution in [0, 0.1) is 26.2 Å². The van der Waals surface area contributed by atoms with Gasteiger partial charge in [0.25, 0.3) is 0 Å². The van der Waals surface area contributed by atoms with Gasteiger partial charge in [-0.05, 0) is 26.8 Å². The van der Waals surface area contributed by atoms with Gasteiger partial charge in [-0.25, -0.2) is 0 Å². The van der Waals surface area contributed by atoms with E-state index in [-0.39, 0.29) is 18.2 Å². The standard InChI is InChI=1S/C9H10N2O.ClH/c1-5-4-8(12)6(2)7(3)9(5)11-10;/h4H,1-3H3;1H. The van der Waals surface area contributed by atoms with Crippen molar-refractivity contribution in [2.24, 2.45) is 0 Å². The first-order valence-corrected chi connectivity index (χ1v) is 3.72. The number of diazo groups is 1. The highest BCUT2D eigenvalue weighted by molar-refractivity contribution is 5.63. The largest absolute Gasteiger partial charge is 1.00 e. The average molecular weight is 199 g/mol. The van der Waals surface area contributed by atoms with Crippen molar-refractivity contribution in [3.8, 4) is 5.75 Å². The molecule has 0 unspecified atom stereocenters. The summed E-state index contributed by atoms with van der Waals surface area (Å²) in [5.74, 6) is 0.248. The Balaban J connectivity index is 0.00000144. The molecule has 0 saturated heterocycles. The molecule has 1 rings (SSSR count). The second-order valence-electron chi connectivity index (χ2n) is 2.91. The molecular weight excluding hydrogens is 188 g/mol. The van der Waals surface area contributed by atoms with E-state index < -0.39 is 0 Å². The molecule has 0 aliphatic heterocycles. The number of hydrogen-bond donors (Lipinski definition) is 1. The van der Waals surface area contributed by atoms with E-state index in [1.807, 2.05) is 6.92 Å². The lowest BCUT2D eigenvalue weighted by Crippen LogP contribution is -3.00. The van der Waals surface area contributed by atoms with E-state index in [1.54, 1.807) is 19.9 Å². The topological polar surface area (TPSA) is 48.4 Å². The monoisotopic (exact) mass is 198 g/mol. The van der Waals surface area contributed by atoms with Crippen LogP contribution in [0.15, 0.2) is 6.07 Å². The molecule has 1 N–H and O–H groups in total. The lowest BCUT2D eigenvalue weighted by atomic mass is 10.0. The fourth-order valence-electron chi connectivity index (χ4n) is 1.20. The number of phenols is 1. The van der Waals surface area contributed by atoms with Gasteiger partial charge in [0.1, 0.15) is 5.75 Å². The molecule has 0 atom stereocenters. The van der Waals surface area contributed by atoms with Crippen LogP contribution in [0.25, 0.3) is 4.98 Å². The maximum Gasteiger partial charge on any atom is 0.391 e. The van der Waals surface area contributed by atoms with Crippen LogP contribution < -0.4 is 12.4 Å². The molecule has 0 saturated carbocycles. The van der Waals surface area contributed by atoms with Crippen LogP contribution in [0.2, 0.25) is 0 Å². The summed E-state index contributed by atoms with van der Waals surface area (Å²) in [6.07, 6.45) is 0. The number of rotatable bonds is 0. The predicted molar refractivity (Wildman–Crippen MR) is 47.1 cm³/mol. The van der Waals surface area contributed by atoms with Gasteiger partial charge in [0.15, 0.2) is 4.98 Å². The minimum Gasteiger partial charge on any atom is -1.00 e. The Morgan fingerprint density at radius 2 is 1.77 bits per heavy atom. The third kappa shape index (κ3) is 1.90. The first-order chi connectivity index (χ1) is 5.57. The summed E-state index contributed by atoms with van der Waals surface area (Å²) in [5, 5.41) is 18.0. The number of hydrogen-bond acceptors (Lipinski definition) is 2. The van der Waals surface area contributed by atoms with Crippen molar-refractivity contribution in [3.05, 3.63) is 27.7 Å². The van der Waals surface area contributed by atoms with Crippen molar-refractivity contribution in [1.82, 2.24) is 0 Å². The zero-order valence-corrected chi connectivity index (χ0v) is 8.55. The Labute approximate surface area is 83.4 Å². The second-order valence-corrected chi connectivity index (χ2v) is 2.91. The number of benzene rings is 1. The lowest BCUT2D eigenvalue weighted by molar-refractivity contribution is -0.00000391. The molecule has 0 amide bonds. The SMILES string of the molecule is Cc1cc(O)c(C)c(C)c1[N+]#N.[Cl-]. The normalized spacial score (nSPS) is 8.77. The van der Waals surface area contributed by atoms with Gasteiger partial charge in [0, 0.05) is 11.1 Å². The van der Waals surface area contributed by atoms with Crippen LogP contribution in [-0.4, -0.2) is 5.11 Å². The maximum absolute atomic E-state index is 9.38. The molecule has 3 nitrogen and oxygen atoms in total. The van der Waals surface area contributed by atoms with Crippen LogP contribution in [0.4, 0.5) is 5.69 Å². The predicted octanol–water partition coefficient (Wildman–Crippen LogP) is -0.194. The molecule has 1 aromatic carbocycles. The van der Waals surface area contributed by atoms with Gasteiger partial charge >= 0.3 is 5.69 Å². The van der Waals surface area contributed by atoms with E-state index in [4.69, 9.17) is 5.39 Å². The van der Waals surface area contributed by atoms with E-state index >= 15 is 0 Å². The van der Waals surface area contributed by atoms with Crippen LogP contribution in [0.1, 0.15) is 16.7 Å². The summed E-state index contributed by atoms with van der Waals surface area (Å²) in [6.45, 7) is 5.40. The van der Waals surface area contributed by atoms with Gasteiger partial charge < -0.3 is 17.5 Å². The molecule has 13 heavy (non-hydrogen) atoms. The Kier molecular flexibility index (Phi) is 3.70. The summed E-state index contributed by atoms with van der Waals surface area (Å²) >= 11 is 0. The maximum atomic E-state index is 9.38. The van der Waals surface area contributed by atoms with Crippen LogP contribution in [0.3, 0.4) is 0 Å². The number of halogens is 1. The highest BCUT2D eigenvalue weighted by atomic mass is 35.5. The average Bonchev–Trinajstić information content (AvgIpc) is 2.01. The third-order valence-corrected chi connectivity index (χ3v) is 2.13. The van der Waals surface area contributed by atoms with Gasteiger partial charge in [-0.2, -0.15) is 0 Å². The minimum absolute atomic E-state index is 0. The van der Waals surface area contributed by atoms with Crippen molar-refractivity contribution in [2.75, 3.05) is 0 Å². The molecule has 0 aromatic heterocycles. The minimum atomic E-state index is 0. The Hall–Kier alpha value is -1.27. The van der Waals surface area contributed by atoms with Gasteiger partial charge in [0.05, 0.1) is 5.56 Å². The molecule has 0 bridgehead atoms. The van der Waals surface area contributed by atoms with Crippen molar-refractivity contribution in [1.29, 1.82) is 5.39 Å². The molecular formula is C9H11ClN2O. The van der Waals surface area contributed by atoms with E-state index in [0.29, 0.717) is 5.69 Å². The lowest BCUT2D eigenvalue weighted by Gasteiger charge is -2.00. The van der Waals surface area contributed by atoms with Crippen LogP contribution >= 0.6 is 0 Å². The van der Waals surface area contributed by atoms with E-state index in [1.165, 1.54) is 0 Å². The number of aromatic hydroxyl groups is 1. The molecule has 70 valence electrons. The quantitative estimate of drug-likeness (QED) is 0.588. The molecule has 4 heteroatoms. The highest BCUT2D eigenvalue weighted by Crippen LogP contribution is 2.32. The number of nitrogens with zero attached hydrogens (tertiary/aromatic N) is 2. The zero-order chi connectivity index (χ0) is 9.30. The fourth-order valence-corrected chi connectivity index (χ4v) is 1.20. The van der Waals surface area contributed by atoms with E-state index in [2.05, 4.69) is 4.98 Å². The van der Waals surface area contributed by atoms with Gasteiger partial charge in [0.2, 0.25) is 5.39 Å². The number of phenolic OH excluding ortho intramolecular Hbond substituents is 1. The summed E-state index contributed by atoms with van der Waals surface area (Å²) in [4.78, 5) is 3.16. The first kappa shape index (κ1) is 11.7. The highest BCUT2D eigenvalue weighted by Gasteiger charge is 2.18. The fraction of sp³-hybridized carbons (Fsp3) is 0.333. The molecule has 0 aliphatic carbocycles. The molecule has 1 aromatic rings.